The lowest BCUT2D eigenvalue weighted by atomic mass is 9.94. The molecule has 1 heterocycles. The van der Waals surface area contributed by atoms with E-state index in [9.17, 15) is 9.59 Å². The van der Waals surface area contributed by atoms with E-state index in [1.165, 1.54) is 11.3 Å². The van der Waals surface area contributed by atoms with E-state index < -0.39 is 0 Å². The third kappa shape index (κ3) is 5.58. The highest BCUT2D eigenvalue weighted by Crippen LogP contribution is 2.22. The van der Waals surface area contributed by atoms with E-state index >= 15 is 0 Å². The average Bonchev–Trinajstić information content (AvgIpc) is 3.08. The highest BCUT2D eigenvalue weighted by Gasteiger charge is 2.21. The predicted molar refractivity (Wildman–Crippen MR) is 103 cm³/mol. The summed E-state index contributed by atoms with van der Waals surface area (Å²) in [5, 5.41) is 8.92. The van der Waals surface area contributed by atoms with Gasteiger partial charge in [-0.3, -0.25) is 10.1 Å². The Morgan fingerprint density at radius 2 is 1.72 bits per heavy atom. The molecule has 6 nitrogen and oxygen atoms in total. The van der Waals surface area contributed by atoms with Crippen LogP contribution in [0.15, 0.2) is 42.5 Å². The predicted octanol–water partition coefficient (Wildman–Crippen LogP) is 3.64. The molecule has 0 radical (unpaired) electrons. The number of hydrogen-bond donors (Lipinski definition) is 4. The molecule has 0 bridgehead atoms. The molecule has 2 aromatic rings. The summed E-state index contributed by atoms with van der Waals surface area (Å²) >= 11 is 1.22. The van der Waals surface area contributed by atoms with Gasteiger partial charge in [-0.25, -0.2) is 4.79 Å². The Balaban J connectivity index is 1.88. The molecule has 3 amide bonds. The third-order valence-electron chi connectivity index (χ3n) is 4.11. The summed E-state index contributed by atoms with van der Waals surface area (Å²) in [6.07, 6.45) is 1.58. The minimum absolute atomic E-state index is 0.182. The van der Waals surface area contributed by atoms with Gasteiger partial charge in [-0.05, 0) is 37.1 Å². The first kappa shape index (κ1) is 19.0. The fourth-order valence-electron chi connectivity index (χ4n) is 2.17. The lowest BCUT2D eigenvalue weighted by Crippen LogP contribution is -2.49. The molecule has 5 N–H and O–H groups in total. The van der Waals surface area contributed by atoms with E-state index in [0.717, 1.165) is 12.8 Å². The first-order valence-electron chi connectivity index (χ1n) is 8.25. The van der Waals surface area contributed by atoms with E-state index in [-0.39, 0.29) is 17.5 Å². The molecule has 0 aliphatic carbocycles. The van der Waals surface area contributed by atoms with Crippen LogP contribution in [0.3, 0.4) is 0 Å². The molecule has 134 valence electrons. The molecule has 0 aliphatic heterocycles. The zero-order chi connectivity index (χ0) is 18.3. The van der Waals surface area contributed by atoms with Crippen molar-refractivity contribution in [2.45, 2.75) is 32.2 Å². The summed E-state index contributed by atoms with van der Waals surface area (Å²) in [6, 6.07) is 12.2. The lowest BCUT2D eigenvalue weighted by molar-refractivity contribution is 0.0946. The number of benzene rings is 1. The Morgan fingerprint density at radius 3 is 2.36 bits per heavy atom. The van der Waals surface area contributed by atoms with Crippen molar-refractivity contribution >= 4 is 34.0 Å². The number of rotatable bonds is 7. The second kappa shape index (κ2) is 8.64. The summed E-state index contributed by atoms with van der Waals surface area (Å²) in [6.45, 7) is 4.44. The molecule has 0 saturated heterocycles. The maximum Gasteiger partial charge on any atom is 0.324 e. The number of carbonyl (C=O) groups excluding carboxylic acids is 2. The summed E-state index contributed by atoms with van der Waals surface area (Å²) in [5.41, 5.74) is 6.51. The van der Waals surface area contributed by atoms with Gasteiger partial charge < -0.3 is 16.4 Å². The van der Waals surface area contributed by atoms with E-state index in [1.807, 2.05) is 32.0 Å². The fraction of sp³-hybridized carbons (Fsp3) is 0.333. The van der Waals surface area contributed by atoms with Crippen molar-refractivity contribution < 1.29 is 9.59 Å². The van der Waals surface area contributed by atoms with Gasteiger partial charge in [0.1, 0.15) is 0 Å². The molecule has 7 heteroatoms. The molecular formula is C18H24N4O2S. The van der Waals surface area contributed by atoms with E-state index in [1.54, 1.807) is 24.3 Å². The molecule has 1 aromatic heterocycles. The van der Waals surface area contributed by atoms with Gasteiger partial charge in [-0.2, -0.15) is 0 Å². The number of nitrogens with two attached hydrogens (primary N) is 1. The Bertz CT molecular complexity index is 711. The SMILES string of the molecule is CCC(N)(CC)CNC(=O)c1ccc(NC(=O)Nc2ccccc2)s1. The Morgan fingerprint density at radius 1 is 1.04 bits per heavy atom. The minimum Gasteiger partial charge on any atom is -0.349 e. The third-order valence-corrected chi connectivity index (χ3v) is 5.11. The molecular weight excluding hydrogens is 336 g/mol. The van der Waals surface area contributed by atoms with Crippen molar-refractivity contribution in [3.8, 4) is 0 Å². The van der Waals surface area contributed by atoms with Crippen LogP contribution in [0.2, 0.25) is 0 Å². The van der Waals surface area contributed by atoms with Gasteiger partial charge in [0.2, 0.25) is 0 Å². The van der Waals surface area contributed by atoms with Crippen LogP contribution in [-0.2, 0) is 0 Å². The first-order valence-corrected chi connectivity index (χ1v) is 9.07. The van der Waals surface area contributed by atoms with Gasteiger partial charge in [0.25, 0.3) is 5.91 Å². The van der Waals surface area contributed by atoms with Crippen LogP contribution < -0.4 is 21.7 Å². The topological polar surface area (TPSA) is 96.2 Å². The molecule has 25 heavy (non-hydrogen) atoms. The molecule has 0 fully saturated rings. The van der Waals surface area contributed by atoms with E-state index in [0.29, 0.717) is 22.1 Å². The van der Waals surface area contributed by atoms with Crippen LogP contribution in [0.25, 0.3) is 0 Å². The standard InChI is InChI=1S/C18H24N4O2S/c1-3-18(19,4-2)12-20-16(23)14-10-11-15(25-14)22-17(24)21-13-8-6-5-7-9-13/h5-11H,3-4,12,19H2,1-2H3,(H,20,23)(H2,21,22,24). The number of amides is 3. The van der Waals surface area contributed by atoms with Gasteiger partial charge in [0.05, 0.1) is 9.88 Å². The second-order valence-electron chi connectivity index (χ2n) is 5.86. The Labute approximate surface area is 151 Å². The van der Waals surface area contributed by atoms with Crippen LogP contribution >= 0.6 is 11.3 Å². The van der Waals surface area contributed by atoms with Gasteiger partial charge in [-0.1, -0.05) is 32.0 Å². The molecule has 0 atom stereocenters. The number of carbonyl (C=O) groups is 2. The van der Waals surface area contributed by atoms with Crippen molar-refractivity contribution in [3.63, 3.8) is 0 Å². The van der Waals surface area contributed by atoms with Crippen LogP contribution in [0.1, 0.15) is 36.4 Å². The lowest BCUT2D eigenvalue weighted by Gasteiger charge is -2.26. The maximum absolute atomic E-state index is 12.2. The van der Waals surface area contributed by atoms with Crippen molar-refractivity contribution in [3.05, 3.63) is 47.3 Å². The van der Waals surface area contributed by atoms with Crippen LogP contribution in [0.5, 0.6) is 0 Å². The number of nitrogens with one attached hydrogen (secondary N) is 3. The second-order valence-corrected chi connectivity index (χ2v) is 6.94. The highest BCUT2D eigenvalue weighted by molar-refractivity contribution is 7.18. The summed E-state index contributed by atoms with van der Waals surface area (Å²) in [4.78, 5) is 24.7. The largest absolute Gasteiger partial charge is 0.349 e. The Kier molecular flexibility index (Phi) is 6.55. The van der Waals surface area contributed by atoms with Crippen molar-refractivity contribution in [2.75, 3.05) is 17.2 Å². The number of para-hydroxylation sites is 1. The average molecular weight is 360 g/mol. The van der Waals surface area contributed by atoms with Crippen molar-refractivity contribution in [1.29, 1.82) is 0 Å². The summed E-state index contributed by atoms with van der Waals surface area (Å²) in [5.74, 6) is -0.182. The van der Waals surface area contributed by atoms with E-state index in [4.69, 9.17) is 5.73 Å². The summed E-state index contributed by atoms with van der Waals surface area (Å²) in [7, 11) is 0. The molecule has 1 aromatic carbocycles. The minimum atomic E-state index is -0.385. The molecule has 0 spiro atoms. The number of thiophene rings is 1. The molecule has 0 aliphatic rings. The van der Waals surface area contributed by atoms with E-state index in [2.05, 4.69) is 16.0 Å². The van der Waals surface area contributed by atoms with Crippen LogP contribution in [0.4, 0.5) is 15.5 Å². The molecule has 0 saturated carbocycles. The summed E-state index contributed by atoms with van der Waals surface area (Å²) < 4.78 is 0. The smallest absolute Gasteiger partial charge is 0.324 e. The molecule has 0 unspecified atom stereocenters. The maximum atomic E-state index is 12.2. The highest BCUT2D eigenvalue weighted by atomic mass is 32.1. The zero-order valence-corrected chi connectivity index (χ0v) is 15.3. The van der Waals surface area contributed by atoms with Gasteiger partial charge in [0.15, 0.2) is 0 Å². The number of anilines is 2. The van der Waals surface area contributed by atoms with Crippen LogP contribution in [-0.4, -0.2) is 24.0 Å². The number of hydrogen-bond acceptors (Lipinski definition) is 4. The normalized spacial score (nSPS) is 11.0. The zero-order valence-electron chi connectivity index (χ0n) is 14.5. The van der Waals surface area contributed by atoms with Gasteiger partial charge in [-0.15, -0.1) is 11.3 Å². The Hall–Kier alpha value is -2.38. The first-order chi connectivity index (χ1) is 12.0. The number of urea groups is 1. The molecule has 2 rings (SSSR count). The quantitative estimate of drug-likeness (QED) is 0.607. The van der Waals surface area contributed by atoms with Gasteiger partial charge >= 0.3 is 6.03 Å². The monoisotopic (exact) mass is 360 g/mol. The van der Waals surface area contributed by atoms with Crippen molar-refractivity contribution in [2.24, 2.45) is 5.73 Å². The van der Waals surface area contributed by atoms with Crippen LogP contribution in [0, 0.1) is 0 Å². The van der Waals surface area contributed by atoms with Crippen molar-refractivity contribution in [1.82, 2.24) is 5.32 Å². The van der Waals surface area contributed by atoms with Gasteiger partial charge in [0, 0.05) is 17.8 Å². The fourth-order valence-corrected chi connectivity index (χ4v) is 2.98.